The number of rotatable bonds is 5. The van der Waals surface area contributed by atoms with E-state index in [1.807, 2.05) is 0 Å². The Morgan fingerprint density at radius 3 is 2.50 bits per heavy atom. The number of aliphatic carboxylic acids is 1. The topological polar surface area (TPSA) is 66.8 Å². The number of aliphatic hydroxyl groups excluding tert-OH is 1. The molecule has 1 aromatic carbocycles. The minimum atomic E-state index is -1.24. The summed E-state index contributed by atoms with van der Waals surface area (Å²) in [7, 11) is 0. The van der Waals surface area contributed by atoms with E-state index in [0.29, 0.717) is 5.56 Å². The predicted molar refractivity (Wildman–Crippen MR) is 66.7 cm³/mol. The Kier molecular flexibility index (Phi) is 5.25. The molecule has 0 radical (unpaired) electrons. The monoisotopic (exact) mass is 320 g/mol. The molecular weight excluding hydrogens is 307 g/mol. The number of carbonyl (C=O) groups is 1. The molecule has 100 valence electrons. The Hall–Kier alpha value is -0.980. The van der Waals surface area contributed by atoms with E-state index in [4.69, 9.17) is 9.84 Å². The second-order valence-corrected chi connectivity index (χ2v) is 4.83. The van der Waals surface area contributed by atoms with Crippen LogP contribution in [0.25, 0.3) is 0 Å². The molecule has 1 rings (SSSR count). The molecule has 6 heteroatoms. The van der Waals surface area contributed by atoms with Crippen molar-refractivity contribution in [2.24, 2.45) is 0 Å². The number of carboxylic acid groups (broad SMARTS) is 1. The molecule has 1 aromatic rings. The molecule has 4 nitrogen and oxygen atoms in total. The van der Waals surface area contributed by atoms with Gasteiger partial charge in [0.05, 0.1) is 16.7 Å². The highest BCUT2D eigenvalue weighted by Gasteiger charge is 2.25. The number of aliphatic hydroxyl groups is 1. The van der Waals surface area contributed by atoms with Crippen LogP contribution in [0.2, 0.25) is 0 Å². The lowest BCUT2D eigenvalue weighted by Crippen LogP contribution is -2.28. The third kappa shape index (κ3) is 3.76. The minimum Gasteiger partial charge on any atom is -0.479 e. The molecule has 3 unspecified atom stereocenters. The summed E-state index contributed by atoms with van der Waals surface area (Å²) in [5.41, 5.74) is 0.309. The lowest BCUT2D eigenvalue weighted by Gasteiger charge is -2.21. The highest BCUT2D eigenvalue weighted by molar-refractivity contribution is 9.10. The average molecular weight is 321 g/mol. The van der Waals surface area contributed by atoms with Gasteiger partial charge in [-0.2, -0.15) is 0 Å². The number of hydrogen-bond acceptors (Lipinski definition) is 3. The smallest absolute Gasteiger partial charge is 0.337 e. The molecular formula is C12H14BrFO4. The number of carboxylic acids is 1. The lowest BCUT2D eigenvalue weighted by molar-refractivity contribution is -0.158. The molecule has 0 heterocycles. The second kappa shape index (κ2) is 6.26. The largest absolute Gasteiger partial charge is 0.479 e. The van der Waals surface area contributed by atoms with Gasteiger partial charge in [0.25, 0.3) is 0 Å². The number of ether oxygens (including phenoxy) is 1. The summed E-state index contributed by atoms with van der Waals surface area (Å²) in [6, 6.07) is 3.85. The molecule has 0 fully saturated rings. The fourth-order valence-electron chi connectivity index (χ4n) is 1.28. The van der Waals surface area contributed by atoms with Crippen molar-refractivity contribution in [3.05, 3.63) is 34.1 Å². The van der Waals surface area contributed by atoms with Gasteiger partial charge in [-0.25, -0.2) is 9.18 Å². The Balaban J connectivity index is 2.97. The van der Waals surface area contributed by atoms with E-state index in [1.165, 1.54) is 19.1 Å². The Labute approximate surface area is 113 Å². The van der Waals surface area contributed by atoms with Gasteiger partial charge >= 0.3 is 5.97 Å². The third-order valence-electron chi connectivity index (χ3n) is 2.50. The zero-order valence-electron chi connectivity index (χ0n) is 9.93. The van der Waals surface area contributed by atoms with Crippen molar-refractivity contribution in [2.45, 2.75) is 32.2 Å². The lowest BCUT2D eigenvalue weighted by atomic mass is 10.1. The second-order valence-electron chi connectivity index (χ2n) is 3.97. The Morgan fingerprint density at radius 2 is 2.06 bits per heavy atom. The van der Waals surface area contributed by atoms with Crippen LogP contribution in [0.15, 0.2) is 22.7 Å². The van der Waals surface area contributed by atoms with Crippen molar-refractivity contribution in [1.82, 2.24) is 0 Å². The summed E-state index contributed by atoms with van der Waals surface area (Å²) in [5, 5.41) is 18.4. The summed E-state index contributed by atoms with van der Waals surface area (Å²) < 4.78 is 18.5. The first-order valence-corrected chi connectivity index (χ1v) is 6.13. The van der Waals surface area contributed by atoms with Crippen LogP contribution in [0.1, 0.15) is 25.5 Å². The van der Waals surface area contributed by atoms with Gasteiger partial charge in [0.1, 0.15) is 5.82 Å². The van der Waals surface area contributed by atoms with E-state index in [-0.39, 0.29) is 4.47 Å². The van der Waals surface area contributed by atoms with Gasteiger partial charge in [0, 0.05) is 0 Å². The van der Waals surface area contributed by atoms with E-state index < -0.39 is 30.1 Å². The number of halogens is 2. The van der Waals surface area contributed by atoms with E-state index in [1.54, 1.807) is 6.92 Å². The standard InChI is InChI=1S/C12H14BrFO4/c1-6(15)7(2)18-11(12(16)17)8-3-4-10(14)9(13)5-8/h3-7,11,15H,1-2H3,(H,16,17). The zero-order valence-corrected chi connectivity index (χ0v) is 11.5. The van der Waals surface area contributed by atoms with E-state index in [2.05, 4.69) is 15.9 Å². The van der Waals surface area contributed by atoms with E-state index in [0.717, 1.165) is 6.07 Å². The Bertz CT molecular complexity index is 436. The fourth-order valence-corrected chi connectivity index (χ4v) is 1.68. The molecule has 18 heavy (non-hydrogen) atoms. The van der Waals surface area contributed by atoms with Crippen molar-refractivity contribution in [1.29, 1.82) is 0 Å². The molecule has 0 amide bonds. The molecule has 0 saturated carbocycles. The Morgan fingerprint density at radius 1 is 1.44 bits per heavy atom. The van der Waals surface area contributed by atoms with Crippen molar-refractivity contribution in [3.63, 3.8) is 0 Å². The maximum Gasteiger partial charge on any atom is 0.337 e. The maximum absolute atomic E-state index is 13.1. The summed E-state index contributed by atoms with van der Waals surface area (Å²) in [6.45, 7) is 3.07. The van der Waals surface area contributed by atoms with Crippen LogP contribution >= 0.6 is 15.9 Å². The third-order valence-corrected chi connectivity index (χ3v) is 3.11. The van der Waals surface area contributed by atoms with Crippen LogP contribution in [0, 0.1) is 5.82 Å². The maximum atomic E-state index is 13.1. The van der Waals surface area contributed by atoms with Gasteiger partial charge in [-0.15, -0.1) is 0 Å². The normalized spacial score (nSPS) is 16.1. The van der Waals surface area contributed by atoms with Crippen molar-refractivity contribution >= 4 is 21.9 Å². The van der Waals surface area contributed by atoms with Gasteiger partial charge in [0.15, 0.2) is 6.10 Å². The quantitative estimate of drug-likeness (QED) is 0.874. The number of hydrogen-bond donors (Lipinski definition) is 2. The molecule has 0 aliphatic carbocycles. The first-order valence-electron chi connectivity index (χ1n) is 5.34. The number of benzene rings is 1. The highest BCUT2D eigenvalue weighted by atomic mass is 79.9. The average Bonchev–Trinajstić information content (AvgIpc) is 2.29. The van der Waals surface area contributed by atoms with Crippen LogP contribution in [0.3, 0.4) is 0 Å². The van der Waals surface area contributed by atoms with Crippen LogP contribution in [0.4, 0.5) is 4.39 Å². The molecule has 0 aliphatic heterocycles. The van der Waals surface area contributed by atoms with Gasteiger partial charge in [-0.1, -0.05) is 6.07 Å². The SMILES string of the molecule is CC(O)C(C)OC(C(=O)O)c1ccc(F)c(Br)c1. The van der Waals surface area contributed by atoms with E-state index in [9.17, 15) is 14.3 Å². The summed E-state index contributed by atoms with van der Waals surface area (Å²) >= 11 is 2.99. The van der Waals surface area contributed by atoms with Gasteiger partial charge in [-0.05, 0) is 47.5 Å². The molecule has 0 spiro atoms. The molecule has 0 aromatic heterocycles. The van der Waals surface area contributed by atoms with Crippen LogP contribution < -0.4 is 0 Å². The molecule has 0 aliphatic rings. The van der Waals surface area contributed by atoms with Crippen molar-refractivity contribution < 1.29 is 24.1 Å². The van der Waals surface area contributed by atoms with Gasteiger partial charge in [0.2, 0.25) is 0 Å². The zero-order chi connectivity index (χ0) is 13.9. The van der Waals surface area contributed by atoms with E-state index >= 15 is 0 Å². The van der Waals surface area contributed by atoms with Crippen LogP contribution in [-0.4, -0.2) is 28.4 Å². The summed E-state index contributed by atoms with van der Waals surface area (Å²) in [4.78, 5) is 11.1. The molecule has 0 saturated heterocycles. The first-order chi connectivity index (χ1) is 8.32. The van der Waals surface area contributed by atoms with Crippen molar-refractivity contribution in [2.75, 3.05) is 0 Å². The van der Waals surface area contributed by atoms with Gasteiger partial charge < -0.3 is 14.9 Å². The summed E-state index contributed by atoms with van der Waals surface area (Å²) in [5.74, 6) is -1.67. The molecule has 0 bridgehead atoms. The summed E-state index contributed by atoms with van der Waals surface area (Å²) in [6.07, 6.45) is -2.68. The van der Waals surface area contributed by atoms with Crippen LogP contribution in [0.5, 0.6) is 0 Å². The minimum absolute atomic E-state index is 0.166. The first kappa shape index (κ1) is 15.1. The fraction of sp³-hybridized carbons (Fsp3) is 0.417. The predicted octanol–water partition coefficient (Wildman–Crippen LogP) is 2.50. The van der Waals surface area contributed by atoms with Crippen molar-refractivity contribution in [3.8, 4) is 0 Å². The van der Waals surface area contributed by atoms with Gasteiger partial charge in [-0.3, -0.25) is 0 Å². The molecule has 3 atom stereocenters. The molecule has 2 N–H and O–H groups in total. The highest BCUT2D eigenvalue weighted by Crippen LogP contribution is 2.25. The van der Waals surface area contributed by atoms with Crippen LogP contribution in [-0.2, 0) is 9.53 Å².